The Bertz CT molecular complexity index is 1080. The van der Waals surface area contributed by atoms with E-state index in [0.29, 0.717) is 15.9 Å². The maximum absolute atomic E-state index is 13.0. The van der Waals surface area contributed by atoms with Crippen LogP contribution in [0.4, 0.5) is 5.69 Å². The predicted octanol–water partition coefficient (Wildman–Crippen LogP) is 4.51. The summed E-state index contributed by atoms with van der Waals surface area (Å²) in [6.45, 7) is 0. The quantitative estimate of drug-likeness (QED) is 0.679. The second-order valence-corrected chi connectivity index (χ2v) is 8.58. The summed E-state index contributed by atoms with van der Waals surface area (Å²) in [5, 5.41) is 2.11. The van der Waals surface area contributed by atoms with Crippen molar-refractivity contribution in [1.82, 2.24) is 0 Å². The molecular formula is C19H16BrNO3S. The first kappa shape index (κ1) is 16.4. The number of halogens is 1. The summed E-state index contributed by atoms with van der Waals surface area (Å²) in [6, 6.07) is 14.8. The molecule has 3 aromatic rings. The van der Waals surface area contributed by atoms with E-state index in [0.717, 1.165) is 18.2 Å². The van der Waals surface area contributed by atoms with Crippen LogP contribution in [0.25, 0.3) is 10.8 Å². The molecule has 6 heteroatoms. The summed E-state index contributed by atoms with van der Waals surface area (Å²) in [5.41, 5.74) is 3.13. The molecule has 0 aromatic heterocycles. The maximum atomic E-state index is 13.0. The van der Waals surface area contributed by atoms with Gasteiger partial charge in [0.15, 0.2) is 0 Å². The molecule has 0 unspecified atom stereocenters. The van der Waals surface area contributed by atoms with Crippen molar-refractivity contribution >= 4 is 42.4 Å². The first-order valence-corrected chi connectivity index (χ1v) is 10.2. The number of benzene rings is 3. The number of methoxy groups -OCH3 is 1. The Morgan fingerprint density at radius 3 is 2.56 bits per heavy atom. The summed E-state index contributed by atoms with van der Waals surface area (Å²) in [6.07, 6.45) is 2.00. The van der Waals surface area contributed by atoms with Gasteiger partial charge in [0.1, 0.15) is 10.6 Å². The van der Waals surface area contributed by atoms with Crippen LogP contribution in [0.15, 0.2) is 57.9 Å². The third-order valence-electron chi connectivity index (χ3n) is 4.54. The number of rotatable bonds is 4. The highest BCUT2D eigenvalue weighted by Crippen LogP contribution is 2.36. The fourth-order valence-electron chi connectivity index (χ4n) is 3.40. The summed E-state index contributed by atoms with van der Waals surface area (Å²) >= 11 is 3.32. The second kappa shape index (κ2) is 6.04. The third-order valence-corrected chi connectivity index (χ3v) is 6.42. The van der Waals surface area contributed by atoms with Gasteiger partial charge in [-0.1, -0.05) is 40.2 Å². The molecule has 1 N–H and O–H groups in total. The molecule has 0 radical (unpaired) electrons. The summed E-state index contributed by atoms with van der Waals surface area (Å²) in [5.74, 6) is 0.307. The SMILES string of the molecule is COc1ccc(Br)cc1S(=O)(=O)Nc1ccc2c3c(cccc13)CC2. The highest BCUT2D eigenvalue weighted by Gasteiger charge is 2.22. The first-order valence-electron chi connectivity index (χ1n) is 7.89. The van der Waals surface area contributed by atoms with Gasteiger partial charge < -0.3 is 4.74 Å². The van der Waals surface area contributed by atoms with Gasteiger partial charge in [-0.25, -0.2) is 8.42 Å². The number of aryl methyl sites for hydroxylation is 2. The van der Waals surface area contributed by atoms with Crippen LogP contribution >= 0.6 is 15.9 Å². The Morgan fingerprint density at radius 2 is 1.80 bits per heavy atom. The normalized spacial score (nSPS) is 13.2. The van der Waals surface area contributed by atoms with Crippen LogP contribution in [0.2, 0.25) is 0 Å². The van der Waals surface area contributed by atoms with Gasteiger partial charge in [0.25, 0.3) is 10.0 Å². The first-order chi connectivity index (χ1) is 12.0. The average Bonchev–Trinajstić information content (AvgIpc) is 3.02. The molecule has 128 valence electrons. The van der Waals surface area contributed by atoms with Crippen molar-refractivity contribution in [2.24, 2.45) is 0 Å². The molecule has 1 aliphatic rings. The molecule has 0 bridgehead atoms. The molecule has 0 amide bonds. The lowest BCUT2D eigenvalue weighted by molar-refractivity contribution is 0.403. The number of hydrogen-bond acceptors (Lipinski definition) is 3. The van der Waals surface area contributed by atoms with Crippen LogP contribution < -0.4 is 9.46 Å². The Labute approximate surface area is 155 Å². The van der Waals surface area contributed by atoms with Gasteiger partial charge in [-0.3, -0.25) is 4.72 Å². The monoisotopic (exact) mass is 417 g/mol. The van der Waals surface area contributed by atoms with E-state index in [9.17, 15) is 8.42 Å². The van der Waals surface area contributed by atoms with Gasteiger partial charge in [0.2, 0.25) is 0 Å². The maximum Gasteiger partial charge on any atom is 0.265 e. The number of ether oxygens (including phenoxy) is 1. The smallest absolute Gasteiger partial charge is 0.265 e. The molecule has 0 saturated carbocycles. The molecule has 4 rings (SSSR count). The molecule has 1 aliphatic carbocycles. The molecule has 4 nitrogen and oxygen atoms in total. The van der Waals surface area contributed by atoms with E-state index in [1.807, 2.05) is 24.3 Å². The van der Waals surface area contributed by atoms with Crippen LogP contribution in [0.3, 0.4) is 0 Å². The van der Waals surface area contributed by atoms with Crippen molar-refractivity contribution in [3.8, 4) is 5.75 Å². The van der Waals surface area contributed by atoms with Gasteiger partial charge in [-0.2, -0.15) is 0 Å². The lowest BCUT2D eigenvalue weighted by Gasteiger charge is -2.14. The summed E-state index contributed by atoms with van der Waals surface area (Å²) in [4.78, 5) is 0.104. The molecule has 0 aliphatic heterocycles. The molecule has 0 atom stereocenters. The van der Waals surface area contributed by atoms with E-state index < -0.39 is 10.0 Å². The number of sulfonamides is 1. The van der Waals surface area contributed by atoms with E-state index in [-0.39, 0.29) is 4.90 Å². The number of anilines is 1. The van der Waals surface area contributed by atoms with E-state index in [4.69, 9.17) is 4.74 Å². The predicted molar refractivity (Wildman–Crippen MR) is 103 cm³/mol. The minimum atomic E-state index is -3.78. The Morgan fingerprint density at radius 1 is 1.04 bits per heavy atom. The fraction of sp³-hybridized carbons (Fsp3) is 0.158. The minimum absolute atomic E-state index is 0.104. The molecule has 0 heterocycles. The van der Waals surface area contributed by atoms with Crippen molar-refractivity contribution in [2.45, 2.75) is 17.7 Å². The van der Waals surface area contributed by atoms with Crippen LogP contribution in [0.1, 0.15) is 11.1 Å². The van der Waals surface area contributed by atoms with Crippen molar-refractivity contribution in [1.29, 1.82) is 0 Å². The van der Waals surface area contributed by atoms with Gasteiger partial charge in [-0.05, 0) is 53.6 Å². The molecular weight excluding hydrogens is 402 g/mol. The third kappa shape index (κ3) is 2.79. The minimum Gasteiger partial charge on any atom is -0.495 e. The standard InChI is InChI=1S/C19H16BrNO3S/c1-24-17-10-8-14(20)11-18(17)25(22,23)21-16-9-7-13-6-5-12-3-2-4-15(16)19(12)13/h2-4,7-11,21H,5-6H2,1H3. The summed E-state index contributed by atoms with van der Waals surface area (Å²) < 4.78 is 34.5. The Balaban J connectivity index is 1.83. The van der Waals surface area contributed by atoms with Gasteiger partial charge in [0.05, 0.1) is 12.8 Å². The number of hydrogen-bond donors (Lipinski definition) is 1. The highest BCUT2D eigenvalue weighted by atomic mass is 79.9. The zero-order valence-corrected chi connectivity index (χ0v) is 15.9. The Kier molecular flexibility index (Phi) is 3.96. The lowest BCUT2D eigenvalue weighted by atomic mass is 10.0. The second-order valence-electron chi connectivity index (χ2n) is 6.01. The average molecular weight is 418 g/mol. The van der Waals surface area contributed by atoms with Crippen molar-refractivity contribution in [3.63, 3.8) is 0 Å². The highest BCUT2D eigenvalue weighted by molar-refractivity contribution is 9.10. The fourth-order valence-corrected chi connectivity index (χ4v) is 5.18. The lowest BCUT2D eigenvalue weighted by Crippen LogP contribution is -2.14. The van der Waals surface area contributed by atoms with E-state index in [1.165, 1.54) is 23.6 Å². The van der Waals surface area contributed by atoms with Crippen LogP contribution in [0.5, 0.6) is 5.75 Å². The largest absolute Gasteiger partial charge is 0.495 e. The van der Waals surface area contributed by atoms with Crippen LogP contribution in [0, 0.1) is 0 Å². The van der Waals surface area contributed by atoms with E-state index in [1.54, 1.807) is 18.2 Å². The molecule has 0 spiro atoms. The van der Waals surface area contributed by atoms with Crippen molar-refractivity contribution in [3.05, 3.63) is 64.1 Å². The molecule has 0 saturated heterocycles. The van der Waals surface area contributed by atoms with E-state index >= 15 is 0 Å². The van der Waals surface area contributed by atoms with Gasteiger partial charge >= 0.3 is 0 Å². The zero-order valence-electron chi connectivity index (χ0n) is 13.5. The van der Waals surface area contributed by atoms with Crippen molar-refractivity contribution < 1.29 is 13.2 Å². The van der Waals surface area contributed by atoms with Crippen LogP contribution in [-0.2, 0) is 22.9 Å². The summed E-state index contributed by atoms with van der Waals surface area (Å²) in [7, 11) is -2.32. The number of nitrogens with one attached hydrogen (secondary N) is 1. The van der Waals surface area contributed by atoms with Crippen LogP contribution in [-0.4, -0.2) is 15.5 Å². The molecule has 3 aromatic carbocycles. The molecule has 25 heavy (non-hydrogen) atoms. The Hall–Kier alpha value is -2.05. The zero-order chi connectivity index (χ0) is 17.6. The van der Waals surface area contributed by atoms with Gasteiger partial charge in [-0.15, -0.1) is 0 Å². The van der Waals surface area contributed by atoms with Crippen molar-refractivity contribution in [2.75, 3.05) is 11.8 Å². The van der Waals surface area contributed by atoms with Gasteiger partial charge in [0, 0.05) is 9.86 Å². The molecule has 0 fully saturated rings. The van der Waals surface area contributed by atoms with E-state index in [2.05, 4.69) is 26.7 Å². The topological polar surface area (TPSA) is 55.4 Å².